The zero-order valence-corrected chi connectivity index (χ0v) is 13.5. The molecule has 0 radical (unpaired) electrons. The van der Waals surface area contributed by atoms with Gasteiger partial charge < -0.3 is 10.1 Å². The first-order valence-corrected chi connectivity index (χ1v) is 8.08. The molecule has 3 rings (SSSR count). The molecule has 1 aromatic heterocycles. The quantitative estimate of drug-likeness (QED) is 0.937. The molecule has 21 heavy (non-hydrogen) atoms. The molecule has 1 aromatic carbocycles. The van der Waals surface area contributed by atoms with Gasteiger partial charge in [-0.05, 0) is 12.0 Å². The minimum atomic E-state index is -0.0125. The van der Waals surface area contributed by atoms with Gasteiger partial charge in [-0.3, -0.25) is 0 Å². The maximum absolute atomic E-state index is 5.89. The lowest BCUT2D eigenvalue weighted by atomic mass is 9.96. The van der Waals surface area contributed by atoms with Gasteiger partial charge in [0.15, 0.2) is 0 Å². The summed E-state index contributed by atoms with van der Waals surface area (Å²) in [6.45, 7) is 7.17. The Morgan fingerprint density at radius 2 is 2.00 bits per heavy atom. The van der Waals surface area contributed by atoms with Crippen molar-refractivity contribution in [2.24, 2.45) is 0 Å². The SMILES string of the molecule is CC(C)(C)c1nsc(NC2CCOC2c2ccccc2)n1. The van der Waals surface area contributed by atoms with Crippen LogP contribution >= 0.6 is 11.5 Å². The summed E-state index contributed by atoms with van der Waals surface area (Å²) in [5, 5.41) is 4.39. The van der Waals surface area contributed by atoms with Crippen molar-refractivity contribution in [2.45, 2.75) is 44.8 Å². The topological polar surface area (TPSA) is 47.0 Å². The molecule has 1 aliphatic heterocycles. The number of hydrogen-bond donors (Lipinski definition) is 1. The van der Waals surface area contributed by atoms with Gasteiger partial charge in [0, 0.05) is 23.6 Å². The smallest absolute Gasteiger partial charge is 0.202 e. The number of hydrogen-bond acceptors (Lipinski definition) is 5. The summed E-state index contributed by atoms with van der Waals surface area (Å²) < 4.78 is 10.3. The van der Waals surface area contributed by atoms with Crippen molar-refractivity contribution in [3.63, 3.8) is 0 Å². The van der Waals surface area contributed by atoms with E-state index in [9.17, 15) is 0 Å². The van der Waals surface area contributed by atoms with Crippen molar-refractivity contribution >= 4 is 16.7 Å². The Kier molecular flexibility index (Phi) is 3.95. The molecule has 0 spiro atoms. The number of anilines is 1. The summed E-state index contributed by atoms with van der Waals surface area (Å²) >= 11 is 1.43. The molecule has 2 aromatic rings. The third kappa shape index (κ3) is 3.24. The fourth-order valence-electron chi connectivity index (χ4n) is 2.45. The van der Waals surface area contributed by atoms with Crippen molar-refractivity contribution in [2.75, 3.05) is 11.9 Å². The van der Waals surface area contributed by atoms with Gasteiger partial charge in [0.2, 0.25) is 5.13 Å². The Morgan fingerprint density at radius 1 is 1.24 bits per heavy atom. The maximum atomic E-state index is 5.89. The molecule has 1 saturated heterocycles. The zero-order chi connectivity index (χ0) is 14.9. The number of nitrogens with zero attached hydrogens (tertiary/aromatic N) is 2. The van der Waals surface area contributed by atoms with Crippen LogP contribution in [0.2, 0.25) is 0 Å². The van der Waals surface area contributed by atoms with Crippen LogP contribution in [0.3, 0.4) is 0 Å². The van der Waals surface area contributed by atoms with Crippen LogP contribution in [0.4, 0.5) is 5.13 Å². The van der Waals surface area contributed by atoms with E-state index in [-0.39, 0.29) is 17.6 Å². The van der Waals surface area contributed by atoms with E-state index in [0.717, 1.165) is 24.0 Å². The van der Waals surface area contributed by atoms with Gasteiger partial charge in [-0.15, -0.1) is 0 Å². The van der Waals surface area contributed by atoms with Crippen molar-refractivity contribution in [3.05, 3.63) is 41.7 Å². The molecule has 5 heteroatoms. The Bertz CT molecular complexity index is 591. The van der Waals surface area contributed by atoms with Crippen molar-refractivity contribution in [1.82, 2.24) is 9.36 Å². The summed E-state index contributed by atoms with van der Waals surface area (Å²) in [5.74, 6) is 0.894. The van der Waals surface area contributed by atoms with Crippen LogP contribution in [0.1, 0.15) is 44.7 Å². The second-order valence-corrected chi connectivity index (χ2v) is 7.17. The Morgan fingerprint density at radius 3 is 2.67 bits per heavy atom. The molecular formula is C16H21N3OS. The van der Waals surface area contributed by atoms with E-state index in [1.807, 2.05) is 6.07 Å². The van der Waals surface area contributed by atoms with Crippen LogP contribution in [0.15, 0.2) is 30.3 Å². The minimum Gasteiger partial charge on any atom is -0.371 e. The van der Waals surface area contributed by atoms with E-state index in [0.29, 0.717) is 0 Å². The second-order valence-electron chi connectivity index (χ2n) is 6.41. The van der Waals surface area contributed by atoms with Gasteiger partial charge in [-0.2, -0.15) is 4.37 Å². The highest BCUT2D eigenvalue weighted by Gasteiger charge is 2.30. The molecule has 2 atom stereocenters. The minimum absolute atomic E-state index is 0.0125. The van der Waals surface area contributed by atoms with E-state index < -0.39 is 0 Å². The summed E-state index contributed by atoms with van der Waals surface area (Å²) in [5.41, 5.74) is 1.20. The van der Waals surface area contributed by atoms with E-state index in [2.05, 4.69) is 59.7 Å². The highest BCUT2D eigenvalue weighted by molar-refractivity contribution is 7.09. The van der Waals surface area contributed by atoms with E-state index >= 15 is 0 Å². The van der Waals surface area contributed by atoms with Gasteiger partial charge in [0.1, 0.15) is 11.9 Å². The zero-order valence-electron chi connectivity index (χ0n) is 12.7. The largest absolute Gasteiger partial charge is 0.371 e. The highest BCUT2D eigenvalue weighted by atomic mass is 32.1. The van der Waals surface area contributed by atoms with Gasteiger partial charge in [-0.1, -0.05) is 51.1 Å². The van der Waals surface area contributed by atoms with Crippen LogP contribution in [-0.4, -0.2) is 22.0 Å². The third-order valence-electron chi connectivity index (χ3n) is 3.63. The monoisotopic (exact) mass is 303 g/mol. The fraction of sp³-hybridized carbons (Fsp3) is 0.500. The maximum Gasteiger partial charge on any atom is 0.202 e. The van der Waals surface area contributed by atoms with Crippen molar-refractivity contribution < 1.29 is 4.74 Å². The predicted octanol–water partition coefficient (Wildman–Crippen LogP) is 3.78. The molecule has 1 N–H and O–H groups in total. The fourth-order valence-corrected chi connectivity index (χ4v) is 3.27. The first-order chi connectivity index (χ1) is 10.0. The van der Waals surface area contributed by atoms with Crippen molar-refractivity contribution in [3.8, 4) is 0 Å². The summed E-state index contributed by atoms with van der Waals surface area (Å²) in [6, 6.07) is 10.6. The molecule has 2 heterocycles. The number of benzene rings is 1. The van der Waals surface area contributed by atoms with E-state index in [4.69, 9.17) is 4.74 Å². The summed E-state index contributed by atoms with van der Waals surface area (Å²) in [4.78, 5) is 4.61. The summed E-state index contributed by atoms with van der Waals surface area (Å²) in [7, 11) is 0. The second kappa shape index (κ2) is 5.73. The highest BCUT2D eigenvalue weighted by Crippen LogP contribution is 2.32. The normalized spacial score (nSPS) is 22.4. The van der Waals surface area contributed by atoms with Gasteiger partial charge in [0.05, 0.1) is 6.04 Å². The first-order valence-electron chi connectivity index (χ1n) is 7.31. The molecule has 1 fully saturated rings. The van der Waals surface area contributed by atoms with Crippen LogP contribution in [0.5, 0.6) is 0 Å². The van der Waals surface area contributed by atoms with E-state index in [1.165, 1.54) is 17.1 Å². The first kappa shape index (κ1) is 14.5. The molecule has 112 valence electrons. The molecule has 2 unspecified atom stereocenters. The standard InChI is InChI=1S/C16H21N3OS/c1-16(2,3)14-18-15(21-19-14)17-12-9-10-20-13(12)11-7-5-4-6-8-11/h4-8,12-13H,9-10H2,1-3H3,(H,17,18,19). The van der Waals surface area contributed by atoms with Crippen LogP contribution in [0, 0.1) is 0 Å². The van der Waals surface area contributed by atoms with Gasteiger partial charge >= 0.3 is 0 Å². The molecule has 0 bridgehead atoms. The van der Waals surface area contributed by atoms with E-state index in [1.54, 1.807) is 0 Å². The van der Waals surface area contributed by atoms with Gasteiger partial charge in [0.25, 0.3) is 0 Å². The lowest BCUT2D eigenvalue weighted by molar-refractivity contribution is 0.107. The summed E-state index contributed by atoms with van der Waals surface area (Å²) in [6.07, 6.45) is 1.08. The van der Waals surface area contributed by atoms with Gasteiger partial charge in [-0.25, -0.2) is 4.98 Å². The molecule has 0 saturated carbocycles. The molecule has 4 nitrogen and oxygen atoms in total. The van der Waals surface area contributed by atoms with Crippen LogP contribution in [-0.2, 0) is 10.2 Å². The Labute approximate surface area is 129 Å². The average molecular weight is 303 g/mol. The Hall–Kier alpha value is -1.46. The van der Waals surface area contributed by atoms with Crippen LogP contribution < -0.4 is 5.32 Å². The lowest BCUT2D eigenvalue weighted by Gasteiger charge is -2.19. The molecule has 0 aliphatic carbocycles. The number of aromatic nitrogens is 2. The van der Waals surface area contributed by atoms with Crippen LogP contribution in [0.25, 0.3) is 0 Å². The number of nitrogens with one attached hydrogen (secondary N) is 1. The predicted molar refractivity (Wildman–Crippen MR) is 85.8 cm³/mol. The lowest BCUT2D eigenvalue weighted by Crippen LogP contribution is -2.23. The molecular weight excluding hydrogens is 282 g/mol. The number of ether oxygens (including phenoxy) is 1. The van der Waals surface area contributed by atoms with Crippen molar-refractivity contribution in [1.29, 1.82) is 0 Å². The third-order valence-corrected chi connectivity index (χ3v) is 4.27. The molecule has 0 amide bonds. The number of rotatable bonds is 3. The Balaban J connectivity index is 1.73. The average Bonchev–Trinajstić information content (AvgIpc) is 3.09. The molecule has 1 aliphatic rings.